The van der Waals surface area contributed by atoms with Gasteiger partial charge in [-0.05, 0) is 24.1 Å². The first-order valence-electron chi connectivity index (χ1n) is 5.34. The van der Waals surface area contributed by atoms with E-state index in [0.717, 1.165) is 28.7 Å². The van der Waals surface area contributed by atoms with Gasteiger partial charge in [0.2, 0.25) is 0 Å². The summed E-state index contributed by atoms with van der Waals surface area (Å²) in [6.45, 7) is 6.27. The molecule has 0 aliphatic carbocycles. The van der Waals surface area contributed by atoms with Gasteiger partial charge in [0.25, 0.3) is 0 Å². The van der Waals surface area contributed by atoms with E-state index in [1.165, 1.54) is 6.07 Å². The Kier molecular flexibility index (Phi) is 2.51. The number of benzene rings is 1. The first-order chi connectivity index (χ1) is 7.13. The van der Waals surface area contributed by atoms with Crippen molar-refractivity contribution >= 4 is 11.0 Å². The number of hydrogen-bond donors (Lipinski definition) is 0. The van der Waals surface area contributed by atoms with Crippen LogP contribution in [0.5, 0.6) is 0 Å². The Bertz CT molecular complexity index is 482. The highest BCUT2D eigenvalue weighted by Crippen LogP contribution is 2.32. The van der Waals surface area contributed by atoms with Crippen LogP contribution in [0.15, 0.2) is 22.6 Å². The second kappa shape index (κ2) is 3.69. The minimum atomic E-state index is -0.201. The van der Waals surface area contributed by atoms with Crippen molar-refractivity contribution in [1.82, 2.24) is 0 Å². The average molecular weight is 206 g/mol. The van der Waals surface area contributed by atoms with Crippen molar-refractivity contribution in [2.24, 2.45) is 0 Å². The SMILES string of the molecule is CCc1oc2ccc(F)cc2c1C(C)C. The number of aryl methyl sites for hydroxylation is 1. The molecular formula is C13H15FO. The maximum absolute atomic E-state index is 13.2. The van der Waals surface area contributed by atoms with E-state index in [1.807, 2.05) is 0 Å². The van der Waals surface area contributed by atoms with Crippen LogP contribution < -0.4 is 0 Å². The largest absolute Gasteiger partial charge is 0.461 e. The average Bonchev–Trinajstić information content (AvgIpc) is 2.55. The monoisotopic (exact) mass is 206 g/mol. The molecule has 1 aromatic heterocycles. The molecule has 1 heterocycles. The van der Waals surface area contributed by atoms with Gasteiger partial charge in [-0.2, -0.15) is 0 Å². The lowest BCUT2D eigenvalue weighted by molar-refractivity contribution is 0.545. The molecule has 0 saturated carbocycles. The zero-order valence-electron chi connectivity index (χ0n) is 9.30. The van der Waals surface area contributed by atoms with Crippen LogP contribution in [0, 0.1) is 5.82 Å². The van der Waals surface area contributed by atoms with Crippen molar-refractivity contribution in [2.45, 2.75) is 33.1 Å². The van der Waals surface area contributed by atoms with E-state index in [9.17, 15) is 4.39 Å². The molecular weight excluding hydrogens is 191 g/mol. The maximum atomic E-state index is 13.2. The molecule has 0 amide bonds. The van der Waals surface area contributed by atoms with E-state index in [1.54, 1.807) is 12.1 Å². The van der Waals surface area contributed by atoms with Crippen molar-refractivity contribution in [3.05, 3.63) is 35.3 Å². The highest BCUT2D eigenvalue weighted by Gasteiger charge is 2.15. The molecule has 0 unspecified atom stereocenters. The van der Waals surface area contributed by atoms with Gasteiger partial charge in [-0.15, -0.1) is 0 Å². The minimum absolute atomic E-state index is 0.201. The predicted octanol–water partition coefficient (Wildman–Crippen LogP) is 4.26. The third kappa shape index (κ3) is 1.65. The molecule has 80 valence electrons. The van der Waals surface area contributed by atoms with Gasteiger partial charge < -0.3 is 4.42 Å². The molecule has 2 rings (SSSR count). The molecule has 1 aromatic carbocycles. The van der Waals surface area contributed by atoms with Gasteiger partial charge in [0.15, 0.2) is 0 Å². The topological polar surface area (TPSA) is 13.1 Å². The van der Waals surface area contributed by atoms with Gasteiger partial charge in [-0.1, -0.05) is 20.8 Å². The summed E-state index contributed by atoms with van der Waals surface area (Å²) in [7, 11) is 0. The van der Waals surface area contributed by atoms with Gasteiger partial charge in [0.1, 0.15) is 17.2 Å². The summed E-state index contributed by atoms with van der Waals surface area (Å²) in [5, 5.41) is 0.918. The first-order valence-corrected chi connectivity index (χ1v) is 5.34. The molecule has 0 spiro atoms. The Labute approximate surface area is 88.9 Å². The Morgan fingerprint density at radius 2 is 2.07 bits per heavy atom. The molecule has 0 fully saturated rings. The fourth-order valence-electron chi connectivity index (χ4n) is 2.04. The van der Waals surface area contributed by atoms with Crippen molar-refractivity contribution in [3.63, 3.8) is 0 Å². The number of halogens is 1. The van der Waals surface area contributed by atoms with Crippen LogP contribution in [0.25, 0.3) is 11.0 Å². The lowest BCUT2D eigenvalue weighted by atomic mass is 9.98. The van der Waals surface area contributed by atoms with E-state index < -0.39 is 0 Å². The third-order valence-corrected chi connectivity index (χ3v) is 2.66. The number of hydrogen-bond acceptors (Lipinski definition) is 1. The van der Waals surface area contributed by atoms with Gasteiger partial charge in [-0.3, -0.25) is 0 Å². The Balaban J connectivity index is 2.76. The summed E-state index contributed by atoms with van der Waals surface area (Å²) in [5.74, 6) is 1.14. The van der Waals surface area contributed by atoms with E-state index >= 15 is 0 Å². The van der Waals surface area contributed by atoms with E-state index in [2.05, 4.69) is 20.8 Å². The lowest BCUT2D eigenvalue weighted by Gasteiger charge is -2.04. The number of fused-ring (bicyclic) bond motifs is 1. The van der Waals surface area contributed by atoms with Gasteiger partial charge in [-0.25, -0.2) is 4.39 Å². The number of rotatable bonds is 2. The van der Waals surface area contributed by atoms with Gasteiger partial charge in [0, 0.05) is 17.4 Å². The third-order valence-electron chi connectivity index (χ3n) is 2.66. The highest BCUT2D eigenvalue weighted by atomic mass is 19.1. The van der Waals surface area contributed by atoms with Crippen LogP contribution in [-0.4, -0.2) is 0 Å². The standard InChI is InChI=1S/C13H15FO/c1-4-11-13(8(2)3)10-7-9(14)5-6-12(10)15-11/h5-8H,4H2,1-3H3. The van der Waals surface area contributed by atoms with E-state index in [-0.39, 0.29) is 5.82 Å². The van der Waals surface area contributed by atoms with Crippen LogP contribution in [0.4, 0.5) is 4.39 Å². The molecule has 0 saturated heterocycles. The second-order valence-corrected chi connectivity index (χ2v) is 4.09. The summed E-state index contributed by atoms with van der Waals surface area (Å²) in [5.41, 5.74) is 1.93. The Morgan fingerprint density at radius 3 is 2.67 bits per heavy atom. The number of furan rings is 1. The fourth-order valence-corrected chi connectivity index (χ4v) is 2.04. The molecule has 2 aromatic rings. The first kappa shape index (κ1) is 10.2. The summed E-state index contributed by atoms with van der Waals surface area (Å²) >= 11 is 0. The van der Waals surface area contributed by atoms with Crippen molar-refractivity contribution < 1.29 is 8.81 Å². The quantitative estimate of drug-likeness (QED) is 0.715. The highest BCUT2D eigenvalue weighted by molar-refractivity contribution is 5.82. The van der Waals surface area contributed by atoms with Crippen molar-refractivity contribution in [3.8, 4) is 0 Å². The summed E-state index contributed by atoms with van der Waals surface area (Å²) in [6, 6.07) is 4.71. The maximum Gasteiger partial charge on any atom is 0.134 e. The zero-order chi connectivity index (χ0) is 11.0. The van der Waals surface area contributed by atoms with Gasteiger partial charge in [0.05, 0.1) is 0 Å². The van der Waals surface area contributed by atoms with E-state index in [4.69, 9.17) is 4.42 Å². The predicted molar refractivity (Wildman–Crippen MR) is 59.6 cm³/mol. The normalized spacial score (nSPS) is 11.5. The molecule has 15 heavy (non-hydrogen) atoms. The fraction of sp³-hybridized carbons (Fsp3) is 0.385. The molecule has 0 aliphatic heterocycles. The zero-order valence-corrected chi connectivity index (χ0v) is 9.30. The van der Waals surface area contributed by atoms with E-state index in [0.29, 0.717) is 5.92 Å². The van der Waals surface area contributed by atoms with Gasteiger partial charge >= 0.3 is 0 Å². The molecule has 0 aliphatic rings. The molecule has 0 radical (unpaired) electrons. The second-order valence-electron chi connectivity index (χ2n) is 4.09. The van der Waals surface area contributed by atoms with Crippen molar-refractivity contribution in [2.75, 3.05) is 0 Å². The summed E-state index contributed by atoms with van der Waals surface area (Å²) in [4.78, 5) is 0. The summed E-state index contributed by atoms with van der Waals surface area (Å²) < 4.78 is 18.8. The Hall–Kier alpha value is -1.31. The van der Waals surface area contributed by atoms with Crippen LogP contribution in [0.3, 0.4) is 0 Å². The van der Waals surface area contributed by atoms with Crippen molar-refractivity contribution in [1.29, 1.82) is 0 Å². The molecule has 0 atom stereocenters. The minimum Gasteiger partial charge on any atom is -0.461 e. The molecule has 2 heteroatoms. The van der Waals surface area contributed by atoms with Crippen LogP contribution in [0.2, 0.25) is 0 Å². The molecule has 0 bridgehead atoms. The molecule has 0 N–H and O–H groups in total. The van der Waals surface area contributed by atoms with Crippen LogP contribution in [0.1, 0.15) is 38.0 Å². The molecule has 1 nitrogen and oxygen atoms in total. The lowest BCUT2D eigenvalue weighted by Crippen LogP contribution is -1.90. The summed E-state index contributed by atoms with van der Waals surface area (Å²) in [6.07, 6.45) is 0.851. The van der Waals surface area contributed by atoms with Crippen LogP contribution in [-0.2, 0) is 6.42 Å². The smallest absolute Gasteiger partial charge is 0.134 e. The Morgan fingerprint density at radius 1 is 1.33 bits per heavy atom. The van der Waals surface area contributed by atoms with Crippen LogP contribution >= 0.6 is 0 Å².